The zero-order chi connectivity index (χ0) is 46.1. The van der Waals surface area contributed by atoms with Gasteiger partial charge in [-0.15, -0.1) is 0 Å². The van der Waals surface area contributed by atoms with Crippen LogP contribution in [0.4, 0.5) is 5.69 Å². The first-order valence-corrected chi connectivity index (χ1v) is 23.0. The third kappa shape index (κ3) is 7.85. The molecule has 3 heterocycles. The van der Waals surface area contributed by atoms with Gasteiger partial charge in [0.25, 0.3) is 0 Å². The van der Waals surface area contributed by atoms with Crippen molar-refractivity contribution in [3.8, 4) is 85.1 Å². The van der Waals surface area contributed by atoms with Gasteiger partial charge < -0.3 is 5.73 Å². The van der Waals surface area contributed by atoms with E-state index in [1.54, 1.807) is 0 Å². The SMILES string of the molecule is Nc1c(-c2ccccc2Cc2ccccc2-c2nc(-c3ccccc3)nc(-c3ccccc3)n2)ccc2c3ccccc3n(-c3nc(-c4ccccc4)nc(-c4ccc(-c5ccccc5)cc4)n3)c12. The molecule has 9 aromatic carbocycles. The molecule has 0 fully saturated rings. The van der Waals surface area contributed by atoms with Crippen LogP contribution in [-0.2, 0) is 6.42 Å². The Morgan fingerprint density at radius 1 is 0.304 bits per heavy atom. The molecular formula is C61H42N8. The van der Waals surface area contributed by atoms with Crippen LogP contribution < -0.4 is 5.73 Å². The molecule has 0 saturated carbocycles. The van der Waals surface area contributed by atoms with Crippen molar-refractivity contribution < 1.29 is 0 Å². The molecule has 0 radical (unpaired) electrons. The summed E-state index contributed by atoms with van der Waals surface area (Å²) < 4.78 is 2.10. The second-order valence-electron chi connectivity index (χ2n) is 16.9. The lowest BCUT2D eigenvalue weighted by molar-refractivity contribution is 0.954. The summed E-state index contributed by atoms with van der Waals surface area (Å²) in [6.45, 7) is 0. The molecule has 0 saturated heterocycles. The summed E-state index contributed by atoms with van der Waals surface area (Å²) in [7, 11) is 0. The molecule has 8 heteroatoms. The van der Waals surface area contributed by atoms with Crippen molar-refractivity contribution in [2.75, 3.05) is 5.73 Å². The van der Waals surface area contributed by atoms with Crippen LogP contribution in [0.2, 0.25) is 0 Å². The van der Waals surface area contributed by atoms with Gasteiger partial charge in [0, 0.05) is 44.2 Å². The number of fused-ring (bicyclic) bond motifs is 3. The Morgan fingerprint density at radius 3 is 1.29 bits per heavy atom. The van der Waals surface area contributed by atoms with Gasteiger partial charge in [0.1, 0.15) is 0 Å². The molecule has 3 aromatic heterocycles. The van der Waals surface area contributed by atoms with E-state index in [0.717, 1.165) is 83.0 Å². The fraction of sp³-hybridized carbons (Fsp3) is 0.0164. The molecule has 0 aliphatic heterocycles. The van der Waals surface area contributed by atoms with Crippen molar-refractivity contribution in [2.45, 2.75) is 6.42 Å². The molecule has 326 valence electrons. The molecular weight excluding hydrogens is 845 g/mol. The van der Waals surface area contributed by atoms with Crippen LogP contribution in [0.3, 0.4) is 0 Å². The molecule has 0 atom stereocenters. The number of nitrogens with two attached hydrogens (primary N) is 1. The third-order valence-corrected chi connectivity index (χ3v) is 12.6. The lowest BCUT2D eigenvalue weighted by Crippen LogP contribution is -2.08. The first-order valence-electron chi connectivity index (χ1n) is 23.0. The first-order chi connectivity index (χ1) is 34.1. The lowest BCUT2D eigenvalue weighted by Gasteiger charge is -2.16. The Hall–Kier alpha value is -9.40. The standard InChI is InChI=1S/C61H42N8/c62-54-51(48-29-15-13-27-46(48)39-47-28-14-16-30-49(47)60-65-56(42-21-7-2-8-22-42)63-57(66-60)43-23-9-3-10-24-43)37-38-52-50-31-17-18-32-53(50)69(55(52)54)61-67-58(44-25-11-4-12-26-44)64-59(68-61)45-35-33-41(34-36-45)40-19-5-1-6-20-40/h1-38H,39,62H2. The average Bonchev–Trinajstić information content (AvgIpc) is 3.77. The van der Waals surface area contributed by atoms with E-state index in [2.05, 4.69) is 126 Å². The number of para-hydroxylation sites is 1. The Labute approximate surface area is 399 Å². The summed E-state index contributed by atoms with van der Waals surface area (Å²) in [4.78, 5) is 30.7. The summed E-state index contributed by atoms with van der Waals surface area (Å²) in [5.41, 5.74) is 20.8. The van der Waals surface area contributed by atoms with E-state index in [9.17, 15) is 0 Å². The van der Waals surface area contributed by atoms with Gasteiger partial charge in [-0.3, -0.25) is 4.57 Å². The normalized spacial score (nSPS) is 11.3. The number of nitrogen functional groups attached to an aromatic ring is 1. The highest BCUT2D eigenvalue weighted by Gasteiger charge is 2.23. The van der Waals surface area contributed by atoms with Crippen LogP contribution >= 0.6 is 0 Å². The van der Waals surface area contributed by atoms with E-state index in [-0.39, 0.29) is 0 Å². The van der Waals surface area contributed by atoms with Crippen molar-refractivity contribution in [1.82, 2.24) is 34.5 Å². The van der Waals surface area contributed by atoms with Crippen molar-refractivity contribution in [2.24, 2.45) is 0 Å². The Bertz CT molecular complexity index is 3740. The van der Waals surface area contributed by atoms with E-state index < -0.39 is 0 Å². The smallest absolute Gasteiger partial charge is 0.238 e. The number of nitrogens with zero attached hydrogens (tertiary/aromatic N) is 7. The predicted molar refractivity (Wildman–Crippen MR) is 279 cm³/mol. The van der Waals surface area contributed by atoms with Gasteiger partial charge in [-0.2, -0.15) is 9.97 Å². The minimum absolute atomic E-state index is 0.477. The summed E-state index contributed by atoms with van der Waals surface area (Å²) in [5, 5.41) is 2.05. The topological polar surface area (TPSA) is 108 Å². The Morgan fingerprint density at radius 2 is 0.710 bits per heavy atom. The van der Waals surface area contributed by atoms with Crippen LogP contribution in [0.5, 0.6) is 0 Å². The summed E-state index contributed by atoms with van der Waals surface area (Å²) >= 11 is 0. The highest BCUT2D eigenvalue weighted by molar-refractivity contribution is 6.15. The molecule has 8 nitrogen and oxygen atoms in total. The number of benzene rings is 9. The lowest BCUT2D eigenvalue weighted by atomic mass is 9.91. The highest BCUT2D eigenvalue weighted by Crippen LogP contribution is 2.41. The van der Waals surface area contributed by atoms with E-state index in [1.165, 1.54) is 0 Å². The van der Waals surface area contributed by atoms with Crippen LogP contribution in [0.25, 0.3) is 107 Å². The number of rotatable bonds is 10. The predicted octanol–water partition coefficient (Wildman–Crippen LogP) is 14.0. The van der Waals surface area contributed by atoms with Gasteiger partial charge in [0.2, 0.25) is 5.95 Å². The number of anilines is 1. The Kier molecular flexibility index (Phi) is 10.6. The van der Waals surface area contributed by atoms with E-state index in [1.807, 2.05) is 109 Å². The molecule has 2 N–H and O–H groups in total. The number of aromatic nitrogens is 7. The molecule has 0 aliphatic rings. The fourth-order valence-corrected chi connectivity index (χ4v) is 9.24. The number of hydrogen-bond acceptors (Lipinski definition) is 7. The molecule has 69 heavy (non-hydrogen) atoms. The molecule has 0 bridgehead atoms. The first kappa shape index (κ1) is 41.1. The molecule has 0 amide bonds. The molecule has 0 aliphatic carbocycles. The van der Waals surface area contributed by atoms with Crippen molar-refractivity contribution in [3.05, 3.63) is 242 Å². The molecule has 12 aromatic rings. The van der Waals surface area contributed by atoms with E-state index in [4.69, 9.17) is 35.6 Å². The van der Waals surface area contributed by atoms with Gasteiger partial charge in [0.05, 0.1) is 16.7 Å². The van der Waals surface area contributed by atoms with Gasteiger partial charge >= 0.3 is 0 Å². The van der Waals surface area contributed by atoms with Crippen molar-refractivity contribution in [3.63, 3.8) is 0 Å². The van der Waals surface area contributed by atoms with Crippen LogP contribution in [0, 0.1) is 0 Å². The van der Waals surface area contributed by atoms with Gasteiger partial charge in [-0.25, -0.2) is 19.9 Å². The zero-order valence-corrected chi connectivity index (χ0v) is 37.4. The quantitative estimate of drug-likeness (QED) is 0.136. The monoisotopic (exact) mass is 886 g/mol. The zero-order valence-electron chi connectivity index (χ0n) is 37.4. The van der Waals surface area contributed by atoms with E-state index in [0.29, 0.717) is 47.2 Å². The van der Waals surface area contributed by atoms with Gasteiger partial charge in [0.15, 0.2) is 29.1 Å². The average molecular weight is 887 g/mol. The van der Waals surface area contributed by atoms with Crippen LogP contribution in [-0.4, -0.2) is 34.5 Å². The maximum absolute atomic E-state index is 7.53. The number of hydrogen-bond donors (Lipinski definition) is 1. The van der Waals surface area contributed by atoms with E-state index >= 15 is 0 Å². The minimum atomic E-state index is 0.477. The van der Waals surface area contributed by atoms with Crippen molar-refractivity contribution >= 4 is 27.5 Å². The second kappa shape index (κ2) is 17.8. The summed E-state index contributed by atoms with van der Waals surface area (Å²) in [5.74, 6) is 3.46. The molecule has 0 unspecified atom stereocenters. The van der Waals surface area contributed by atoms with Gasteiger partial charge in [-0.1, -0.05) is 224 Å². The van der Waals surface area contributed by atoms with Gasteiger partial charge in [-0.05, 0) is 40.3 Å². The Balaban J connectivity index is 0.991. The maximum Gasteiger partial charge on any atom is 0.238 e. The maximum atomic E-state index is 7.53. The second-order valence-corrected chi connectivity index (χ2v) is 16.9. The molecule has 12 rings (SSSR count). The van der Waals surface area contributed by atoms with Crippen molar-refractivity contribution in [1.29, 1.82) is 0 Å². The highest BCUT2D eigenvalue weighted by atomic mass is 15.2. The summed E-state index contributed by atoms with van der Waals surface area (Å²) in [6, 6.07) is 78.5. The van der Waals surface area contributed by atoms with Crippen LogP contribution in [0.15, 0.2) is 231 Å². The largest absolute Gasteiger partial charge is 0.397 e. The fourth-order valence-electron chi connectivity index (χ4n) is 9.24. The molecule has 0 spiro atoms. The minimum Gasteiger partial charge on any atom is -0.397 e. The van der Waals surface area contributed by atoms with Crippen LogP contribution in [0.1, 0.15) is 11.1 Å². The third-order valence-electron chi connectivity index (χ3n) is 12.6. The summed E-state index contributed by atoms with van der Waals surface area (Å²) in [6.07, 6.45) is 0.597.